The van der Waals surface area contributed by atoms with Gasteiger partial charge in [-0.05, 0) is 62.8 Å². The van der Waals surface area contributed by atoms with Crippen molar-refractivity contribution in [1.29, 1.82) is 0 Å². The molecule has 1 N–H and O–H groups in total. The first kappa shape index (κ1) is 17.9. The minimum Gasteiger partial charge on any atom is -0.350 e. The monoisotopic (exact) mass is 380 g/mol. The van der Waals surface area contributed by atoms with E-state index in [4.69, 9.17) is 0 Å². The summed E-state index contributed by atoms with van der Waals surface area (Å²) in [6.07, 6.45) is 3.41. The van der Waals surface area contributed by atoms with E-state index >= 15 is 0 Å². The van der Waals surface area contributed by atoms with Gasteiger partial charge in [0, 0.05) is 17.6 Å². The number of likely N-dealkylation sites (N-methyl/N-ethyl adjacent to an activating group) is 1. The van der Waals surface area contributed by atoms with Gasteiger partial charge in [-0.3, -0.25) is 4.79 Å². The molecular weight excluding hydrogens is 356 g/mol. The van der Waals surface area contributed by atoms with Crippen molar-refractivity contribution in [2.75, 3.05) is 23.8 Å². The van der Waals surface area contributed by atoms with Crippen LogP contribution in [0.5, 0.6) is 0 Å². The maximum Gasteiger partial charge on any atom is 0.243 e. The summed E-state index contributed by atoms with van der Waals surface area (Å²) >= 11 is 1.78. The van der Waals surface area contributed by atoms with Gasteiger partial charge in [-0.1, -0.05) is 12.1 Å². The van der Waals surface area contributed by atoms with Crippen LogP contribution in [0.1, 0.15) is 33.8 Å². The Bertz CT molecular complexity index is 1040. The largest absolute Gasteiger partial charge is 0.350 e. The standard InChI is InChI=1S/C21H24N4OS/c1-12-8-9-13(2)16(10-12)24-18(26)11-25(4)20-19-15-6-5-7-17(15)27-21(19)23-14(3)22-20/h8-10H,5-7,11H2,1-4H3,(H,24,26). The highest BCUT2D eigenvalue weighted by Gasteiger charge is 2.24. The second-order valence-corrected chi connectivity index (χ2v) is 8.44. The van der Waals surface area contributed by atoms with Crippen LogP contribution in [0.4, 0.5) is 11.5 Å². The summed E-state index contributed by atoms with van der Waals surface area (Å²) in [5, 5.41) is 4.18. The Morgan fingerprint density at radius 2 is 2.04 bits per heavy atom. The van der Waals surface area contributed by atoms with Crippen LogP contribution in [0, 0.1) is 20.8 Å². The molecule has 1 aromatic carbocycles. The van der Waals surface area contributed by atoms with E-state index in [0.717, 1.165) is 51.5 Å². The van der Waals surface area contributed by atoms with Gasteiger partial charge in [0.2, 0.25) is 5.91 Å². The molecule has 4 rings (SSSR count). The number of amides is 1. The molecule has 2 heterocycles. The van der Waals surface area contributed by atoms with E-state index in [1.165, 1.54) is 16.9 Å². The fourth-order valence-corrected chi connectivity index (χ4v) is 5.01. The van der Waals surface area contributed by atoms with Crippen molar-refractivity contribution in [3.05, 3.63) is 45.6 Å². The summed E-state index contributed by atoms with van der Waals surface area (Å²) < 4.78 is 0. The van der Waals surface area contributed by atoms with Crippen molar-refractivity contribution in [3.63, 3.8) is 0 Å². The number of hydrogen-bond acceptors (Lipinski definition) is 5. The van der Waals surface area contributed by atoms with Crippen molar-refractivity contribution in [3.8, 4) is 0 Å². The number of carbonyl (C=O) groups excluding carboxylic acids is 1. The Kier molecular flexibility index (Phi) is 4.60. The second kappa shape index (κ2) is 6.93. The molecule has 0 aliphatic heterocycles. The van der Waals surface area contributed by atoms with Gasteiger partial charge in [-0.25, -0.2) is 9.97 Å². The molecule has 0 spiro atoms. The zero-order valence-corrected chi connectivity index (χ0v) is 17.0. The van der Waals surface area contributed by atoms with E-state index in [-0.39, 0.29) is 12.5 Å². The van der Waals surface area contributed by atoms with Crippen molar-refractivity contribution in [2.45, 2.75) is 40.0 Å². The molecule has 0 bridgehead atoms. The molecule has 6 heteroatoms. The average Bonchev–Trinajstić information content (AvgIpc) is 3.17. The lowest BCUT2D eigenvalue weighted by molar-refractivity contribution is -0.114. The topological polar surface area (TPSA) is 58.1 Å². The summed E-state index contributed by atoms with van der Waals surface area (Å²) in [7, 11) is 1.93. The number of aryl methyl sites for hydroxylation is 5. The molecule has 0 atom stereocenters. The van der Waals surface area contributed by atoms with E-state index in [0.29, 0.717) is 0 Å². The zero-order chi connectivity index (χ0) is 19.1. The number of rotatable bonds is 4. The van der Waals surface area contributed by atoms with E-state index in [9.17, 15) is 4.79 Å². The van der Waals surface area contributed by atoms with Crippen LogP contribution in [-0.4, -0.2) is 29.5 Å². The molecule has 0 radical (unpaired) electrons. The maximum atomic E-state index is 12.7. The number of anilines is 2. The van der Waals surface area contributed by atoms with E-state index in [1.807, 2.05) is 44.9 Å². The van der Waals surface area contributed by atoms with Crippen LogP contribution in [0.15, 0.2) is 18.2 Å². The molecule has 140 valence electrons. The van der Waals surface area contributed by atoms with E-state index in [2.05, 4.69) is 21.4 Å². The van der Waals surface area contributed by atoms with Gasteiger partial charge in [0.1, 0.15) is 16.5 Å². The number of hydrogen-bond donors (Lipinski definition) is 1. The highest BCUT2D eigenvalue weighted by Crippen LogP contribution is 2.40. The van der Waals surface area contributed by atoms with Crippen LogP contribution in [0.2, 0.25) is 0 Å². The molecule has 0 unspecified atom stereocenters. The van der Waals surface area contributed by atoms with E-state index < -0.39 is 0 Å². The minimum atomic E-state index is -0.0394. The van der Waals surface area contributed by atoms with E-state index in [1.54, 1.807) is 11.3 Å². The van der Waals surface area contributed by atoms with Crippen molar-refractivity contribution in [1.82, 2.24) is 9.97 Å². The molecule has 1 amide bonds. The third kappa shape index (κ3) is 3.41. The smallest absolute Gasteiger partial charge is 0.243 e. The number of nitrogens with zero attached hydrogens (tertiary/aromatic N) is 3. The molecule has 1 aliphatic carbocycles. The number of benzene rings is 1. The molecule has 27 heavy (non-hydrogen) atoms. The molecule has 5 nitrogen and oxygen atoms in total. The third-order valence-corrected chi connectivity index (χ3v) is 6.25. The third-order valence-electron chi connectivity index (χ3n) is 5.07. The SMILES string of the molecule is Cc1ccc(C)c(NC(=O)CN(C)c2nc(C)nc3sc4c(c23)CCC4)c1. The summed E-state index contributed by atoms with van der Waals surface area (Å²) in [6.45, 7) is 6.20. The molecule has 3 aromatic rings. The predicted molar refractivity (Wildman–Crippen MR) is 112 cm³/mol. The maximum absolute atomic E-state index is 12.7. The quantitative estimate of drug-likeness (QED) is 0.738. The van der Waals surface area contributed by atoms with Gasteiger partial charge in [-0.2, -0.15) is 0 Å². The molecule has 2 aromatic heterocycles. The Morgan fingerprint density at radius 3 is 2.85 bits per heavy atom. The highest BCUT2D eigenvalue weighted by molar-refractivity contribution is 7.19. The normalized spacial score (nSPS) is 13.0. The van der Waals surface area contributed by atoms with Gasteiger partial charge >= 0.3 is 0 Å². The highest BCUT2D eigenvalue weighted by atomic mass is 32.1. The Hall–Kier alpha value is -2.47. The molecular formula is C21H24N4OS. The number of aromatic nitrogens is 2. The summed E-state index contributed by atoms with van der Waals surface area (Å²) in [4.78, 5) is 26.4. The van der Waals surface area contributed by atoms with Crippen LogP contribution >= 0.6 is 11.3 Å². The Labute approximate surface area is 163 Å². The lowest BCUT2D eigenvalue weighted by Crippen LogP contribution is -2.31. The van der Waals surface area contributed by atoms with Gasteiger partial charge < -0.3 is 10.2 Å². The molecule has 0 saturated heterocycles. The van der Waals surface area contributed by atoms with Gasteiger partial charge in [0.05, 0.1) is 11.9 Å². The molecule has 0 fully saturated rings. The number of nitrogens with one attached hydrogen (secondary N) is 1. The first-order chi connectivity index (χ1) is 12.9. The number of fused-ring (bicyclic) bond motifs is 3. The van der Waals surface area contributed by atoms with Crippen LogP contribution < -0.4 is 10.2 Å². The van der Waals surface area contributed by atoms with Crippen LogP contribution in [-0.2, 0) is 17.6 Å². The fraction of sp³-hybridized carbons (Fsp3) is 0.381. The number of carbonyl (C=O) groups is 1. The van der Waals surface area contributed by atoms with Crippen LogP contribution in [0.3, 0.4) is 0 Å². The molecule has 0 saturated carbocycles. The first-order valence-corrected chi connectivity index (χ1v) is 10.1. The summed E-state index contributed by atoms with van der Waals surface area (Å²) in [6, 6.07) is 6.08. The Morgan fingerprint density at radius 1 is 1.22 bits per heavy atom. The van der Waals surface area contributed by atoms with Crippen LogP contribution in [0.25, 0.3) is 10.2 Å². The summed E-state index contributed by atoms with van der Waals surface area (Å²) in [5.74, 6) is 1.58. The lowest BCUT2D eigenvalue weighted by Gasteiger charge is -2.20. The second-order valence-electron chi connectivity index (χ2n) is 7.35. The van der Waals surface area contributed by atoms with Gasteiger partial charge in [0.25, 0.3) is 0 Å². The minimum absolute atomic E-state index is 0.0394. The zero-order valence-electron chi connectivity index (χ0n) is 16.2. The lowest BCUT2D eigenvalue weighted by atomic mass is 10.1. The van der Waals surface area contributed by atoms with Crippen molar-refractivity contribution >= 4 is 39.0 Å². The predicted octanol–water partition coefficient (Wildman–Crippen LogP) is 4.18. The van der Waals surface area contributed by atoms with Crippen molar-refractivity contribution < 1.29 is 4.79 Å². The average molecular weight is 381 g/mol. The van der Waals surface area contributed by atoms with Gasteiger partial charge in [-0.15, -0.1) is 11.3 Å². The molecule has 1 aliphatic rings. The summed E-state index contributed by atoms with van der Waals surface area (Å²) in [5.41, 5.74) is 4.44. The fourth-order valence-electron chi connectivity index (χ4n) is 3.71. The van der Waals surface area contributed by atoms with Crippen molar-refractivity contribution in [2.24, 2.45) is 0 Å². The van der Waals surface area contributed by atoms with Gasteiger partial charge in [0.15, 0.2) is 0 Å². The Balaban J connectivity index is 1.60. The number of thiophene rings is 1. The first-order valence-electron chi connectivity index (χ1n) is 9.29.